The highest BCUT2D eigenvalue weighted by atomic mass is 16.5. The maximum absolute atomic E-state index is 9.70. The van der Waals surface area contributed by atoms with Gasteiger partial charge in [-0.3, -0.25) is 4.99 Å². The van der Waals surface area contributed by atoms with Gasteiger partial charge in [-0.2, -0.15) is 0 Å². The molecule has 0 aliphatic carbocycles. The van der Waals surface area contributed by atoms with E-state index < -0.39 is 0 Å². The van der Waals surface area contributed by atoms with E-state index in [0.29, 0.717) is 19.0 Å². The molecule has 0 saturated heterocycles. The molecule has 0 bridgehead atoms. The van der Waals surface area contributed by atoms with Gasteiger partial charge in [0.05, 0.1) is 26.8 Å². The minimum atomic E-state index is -0.0417. The topological polar surface area (TPSA) is 75.1 Å². The molecular weight excluding hydrogens is 354 g/mol. The number of guanidine groups is 1. The van der Waals surface area contributed by atoms with Crippen molar-refractivity contribution in [3.05, 3.63) is 60.2 Å². The lowest BCUT2D eigenvalue weighted by Gasteiger charge is -2.19. The molecule has 0 aliphatic heterocycles. The molecule has 28 heavy (non-hydrogen) atoms. The first-order valence-electron chi connectivity index (χ1n) is 9.65. The van der Waals surface area contributed by atoms with Gasteiger partial charge >= 0.3 is 0 Å². The fraction of sp³-hybridized carbons (Fsp3) is 0.409. The molecule has 0 radical (unpaired) electrons. The summed E-state index contributed by atoms with van der Waals surface area (Å²) in [6, 6.07) is 17.5. The quantitative estimate of drug-likeness (QED) is 0.433. The highest BCUT2D eigenvalue weighted by molar-refractivity contribution is 5.79. The van der Waals surface area contributed by atoms with E-state index in [1.54, 1.807) is 7.11 Å². The zero-order chi connectivity index (χ0) is 20.2. The molecule has 6 heteroatoms. The van der Waals surface area contributed by atoms with Crippen LogP contribution in [0.15, 0.2) is 59.6 Å². The smallest absolute Gasteiger partial charge is 0.191 e. The monoisotopic (exact) mass is 385 g/mol. The number of nitrogens with zero attached hydrogens (tertiary/aromatic N) is 1. The summed E-state index contributed by atoms with van der Waals surface area (Å²) in [7, 11) is 1.64. The van der Waals surface area contributed by atoms with Gasteiger partial charge in [0.1, 0.15) is 17.6 Å². The standard InChI is InChI=1S/C22H31N3O3/c1-4-23-22(25-15-19(16-26)18-8-6-5-7-9-18)24-14-17(2)28-21-12-10-20(27-3)11-13-21/h5-13,17,19,26H,4,14-16H2,1-3H3,(H2,23,24,25). The van der Waals surface area contributed by atoms with Crippen molar-refractivity contribution in [2.45, 2.75) is 25.9 Å². The zero-order valence-corrected chi connectivity index (χ0v) is 16.9. The lowest BCUT2D eigenvalue weighted by atomic mass is 10.0. The summed E-state index contributed by atoms with van der Waals surface area (Å²) in [5.74, 6) is 2.28. The van der Waals surface area contributed by atoms with Gasteiger partial charge in [0, 0.05) is 12.5 Å². The van der Waals surface area contributed by atoms with Crippen molar-refractivity contribution in [2.75, 3.05) is 33.4 Å². The van der Waals surface area contributed by atoms with E-state index in [1.165, 1.54) is 0 Å². The van der Waals surface area contributed by atoms with Crippen molar-refractivity contribution in [1.29, 1.82) is 0 Å². The second-order valence-corrected chi connectivity index (χ2v) is 6.49. The molecule has 2 rings (SSSR count). The average molecular weight is 386 g/mol. The third-order valence-corrected chi connectivity index (χ3v) is 4.26. The van der Waals surface area contributed by atoms with Crippen LogP contribution in [0, 0.1) is 0 Å². The number of aliphatic imine (C=N–C) groups is 1. The minimum absolute atomic E-state index is 0.0235. The van der Waals surface area contributed by atoms with Crippen LogP contribution < -0.4 is 20.1 Å². The number of nitrogens with one attached hydrogen (secondary N) is 2. The van der Waals surface area contributed by atoms with Gasteiger partial charge in [0.25, 0.3) is 0 Å². The Hall–Kier alpha value is -2.73. The van der Waals surface area contributed by atoms with Crippen LogP contribution >= 0.6 is 0 Å². The number of benzene rings is 2. The van der Waals surface area contributed by atoms with Gasteiger partial charge in [-0.05, 0) is 43.7 Å². The molecule has 0 aliphatic rings. The van der Waals surface area contributed by atoms with Crippen molar-refractivity contribution >= 4 is 5.96 Å². The van der Waals surface area contributed by atoms with E-state index in [9.17, 15) is 5.11 Å². The predicted molar refractivity (Wildman–Crippen MR) is 113 cm³/mol. The molecule has 2 atom stereocenters. The van der Waals surface area contributed by atoms with Gasteiger partial charge in [-0.15, -0.1) is 0 Å². The van der Waals surface area contributed by atoms with E-state index in [0.717, 1.165) is 23.6 Å². The highest BCUT2D eigenvalue weighted by Crippen LogP contribution is 2.18. The van der Waals surface area contributed by atoms with Crippen LogP contribution in [-0.4, -0.2) is 50.5 Å². The molecule has 2 aromatic carbocycles. The minimum Gasteiger partial charge on any atom is -0.497 e. The maximum Gasteiger partial charge on any atom is 0.191 e. The van der Waals surface area contributed by atoms with Gasteiger partial charge in [-0.25, -0.2) is 0 Å². The van der Waals surface area contributed by atoms with E-state index >= 15 is 0 Å². The molecular formula is C22H31N3O3. The lowest BCUT2D eigenvalue weighted by molar-refractivity contribution is 0.223. The number of aliphatic hydroxyl groups is 1. The van der Waals surface area contributed by atoms with Crippen LogP contribution in [-0.2, 0) is 0 Å². The van der Waals surface area contributed by atoms with E-state index in [2.05, 4.69) is 15.6 Å². The van der Waals surface area contributed by atoms with Crippen molar-refractivity contribution < 1.29 is 14.6 Å². The molecule has 0 amide bonds. The van der Waals surface area contributed by atoms with Gasteiger partial charge < -0.3 is 25.2 Å². The van der Waals surface area contributed by atoms with Crippen molar-refractivity contribution in [1.82, 2.24) is 10.6 Å². The van der Waals surface area contributed by atoms with Gasteiger partial charge in [0.15, 0.2) is 5.96 Å². The van der Waals surface area contributed by atoms with Crippen LogP contribution in [0.1, 0.15) is 25.3 Å². The van der Waals surface area contributed by atoms with Crippen LogP contribution in [0.2, 0.25) is 0 Å². The van der Waals surface area contributed by atoms with E-state index in [-0.39, 0.29) is 18.6 Å². The van der Waals surface area contributed by atoms with Crippen molar-refractivity contribution in [3.8, 4) is 11.5 Å². The number of rotatable bonds is 10. The average Bonchev–Trinajstić information content (AvgIpc) is 2.73. The predicted octanol–water partition coefficient (Wildman–Crippen LogP) is 2.79. The van der Waals surface area contributed by atoms with Gasteiger partial charge in [-0.1, -0.05) is 30.3 Å². The highest BCUT2D eigenvalue weighted by Gasteiger charge is 2.11. The molecule has 6 nitrogen and oxygen atoms in total. The molecule has 2 aromatic rings. The number of hydrogen-bond acceptors (Lipinski definition) is 4. The lowest BCUT2D eigenvalue weighted by Crippen LogP contribution is -2.42. The molecule has 0 saturated carbocycles. The van der Waals surface area contributed by atoms with Crippen molar-refractivity contribution in [2.24, 2.45) is 4.99 Å². The SMILES string of the molecule is CCNC(=NCC(CO)c1ccccc1)NCC(C)Oc1ccc(OC)cc1. The Bertz CT molecular complexity index is 705. The molecule has 0 aromatic heterocycles. The first-order valence-corrected chi connectivity index (χ1v) is 9.65. The van der Waals surface area contributed by atoms with Crippen molar-refractivity contribution in [3.63, 3.8) is 0 Å². The van der Waals surface area contributed by atoms with Crippen LogP contribution in [0.25, 0.3) is 0 Å². The Labute approximate surface area is 167 Å². The molecule has 3 N–H and O–H groups in total. The number of methoxy groups -OCH3 is 1. The molecule has 152 valence electrons. The van der Waals surface area contributed by atoms with Crippen LogP contribution in [0.5, 0.6) is 11.5 Å². The number of aliphatic hydroxyl groups excluding tert-OH is 1. The molecule has 0 heterocycles. The number of hydrogen-bond donors (Lipinski definition) is 3. The Morgan fingerprint density at radius 3 is 2.32 bits per heavy atom. The zero-order valence-electron chi connectivity index (χ0n) is 16.9. The Kier molecular flexibility index (Phi) is 9.15. The van der Waals surface area contributed by atoms with E-state index in [4.69, 9.17) is 9.47 Å². The Morgan fingerprint density at radius 1 is 1.04 bits per heavy atom. The largest absolute Gasteiger partial charge is 0.497 e. The van der Waals surface area contributed by atoms with Crippen LogP contribution in [0.4, 0.5) is 0 Å². The number of ether oxygens (including phenoxy) is 2. The first kappa shape index (κ1) is 21.6. The third-order valence-electron chi connectivity index (χ3n) is 4.26. The first-order chi connectivity index (χ1) is 13.7. The Balaban J connectivity index is 1.88. The molecule has 0 fully saturated rings. The fourth-order valence-corrected chi connectivity index (χ4v) is 2.71. The summed E-state index contributed by atoms with van der Waals surface area (Å²) >= 11 is 0. The summed E-state index contributed by atoms with van der Waals surface area (Å²) in [6.45, 7) is 5.95. The van der Waals surface area contributed by atoms with Gasteiger partial charge in [0.2, 0.25) is 0 Å². The summed E-state index contributed by atoms with van der Waals surface area (Å²) in [6.07, 6.45) is -0.0417. The Morgan fingerprint density at radius 2 is 1.71 bits per heavy atom. The summed E-state index contributed by atoms with van der Waals surface area (Å²) < 4.78 is 11.1. The normalized spacial score (nSPS) is 13.5. The van der Waals surface area contributed by atoms with E-state index in [1.807, 2.05) is 68.4 Å². The fourth-order valence-electron chi connectivity index (χ4n) is 2.71. The molecule has 0 spiro atoms. The summed E-state index contributed by atoms with van der Waals surface area (Å²) in [5, 5.41) is 16.2. The second kappa shape index (κ2) is 11.9. The molecule has 2 unspecified atom stereocenters. The second-order valence-electron chi connectivity index (χ2n) is 6.49. The summed E-state index contributed by atoms with van der Waals surface area (Å²) in [5.41, 5.74) is 1.08. The summed E-state index contributed by atoms with van der Waals surface area (Å²) in [4.78, 5) is 4.63. The third kappa shape index (κ3) is 7.12. The van der Waals surface area contributed by atoms with Crippen LogP contribution in [0.3, 0.4) is 0 Å². The maximum atomic E-state index is 9.70.